The molecular weight excluding hydrogens is 551 g/mol. The summed E-state index contributed by atoms with van der Waals surface area (Å²) in [6.07, 6.45) is 2.57. The molecule has 1 saturated heterocycles. The van der Waals surface area contributed by atoms with Crippen LogP contribution < -0.4 is 10.2 Å². The van der Waals surface area contributed by atoms with Crippen molar-refractivity contribution in [3.8, 4) is 11.1 Å². The first-order valence-corrected chi connectivity index (χ1v) is 13.8. The summed E-state index contributed by atoms with van der Waals surface area (Å²) in [5, 5.41) is 3.48. The van der Waals surface area contributed by atoms with E-state index in [2.05, 4.69) is 15.3 Å². The number of carbonyl (C=O) groups is 1. The van der Waals surface area contributed by atoms with Gasteiger partial charge in [-0.05, 0) is 72.0 Å². The molecule has 0 saturated carbocycles. The zero-order chi connectivity index (χ0) is 28.6. The molecule has 10 heteroatoms. The first kappa shape index (κ1) is 27.1. The molecule has 2 aromatic heterocycles. The van der Waals surface area contributed by atoms with Gasteiger partial charge in [0.2, 0.25) is 0 Å². The molecule has 1 unspecified atom stereocenters. The van der Waals surface area contributed by atoms with E-state index in [0.717, 1.165) is 35.6 Å². The molecule has 0 spiro atoms. The van der Waals surface area contributed by atoms with Gasteiger partial charge in [0.1, 0.15) is 5.82 Å². The van der Waals surface area contributed by atoms with Crippen LogP contribution in [0.4, 0.5) is 24.7 Å². The van der Waals surface area contributed by atoms with Crippen LogP contribution in [-0.2, 0) is 12.7 Å². The summed E-state index contributed by atoms with van der Waals surface area (Å²) in [4.78, 5) is 26.2. The molecule has 0 aliphatic carbocycles. The summed E-state index contributed by atoms with van der Waals surface area (Å²) in [6, 6.07) is 16.8. The van der Waals surface area contributed by atoms with Gasteiger partial charge in [-0.3, -0.25) is 9.78 Å². The second kappa shape index (κ2) is 11.0. The molecular formula is C31H27ClF3N5O. The lowest BCUT2D eigenvalue weighted by Crippen LogP contribution is -2.34. The Labute approximate surface area is 240 Å². The highest BCUT2D eigenvalue weighted by atomic mass is 35.5. The minimum atomic E-state index is -4.49. The van der Waals surface area contributed by atoms with Crippen molar-refractivity contribution >= 4 is 29.0 Å². The summed E-state index contributed by atoms with van der Waals surface area (Å²) in [6.45, 7) is 1.73. The highest BCUT2D eigenvalue weighted by molar-refractivity contribution is 6.30. The van der Waals surface area contributed by atoms with Gasteiger partial charge in [0.15, 0.2) is 0 Å². The molecule has 4 heterocycles. The van der Waals surface area contributed by atoms with E-state index < -0.39 is 11.7 Å². The van der Waals surface area contributed by atoms with Crippen LogP contribution in [-0.4, -0.2) is 40.4 Å². The minimum Gasteiger partial charge on any atom is -0.367 e. The van der Waals surface area contributed by atoms with Crippen molar-refractivity contribution in [1.82, 2.24) is 14.9 Å². The average Bonchev–Trinajstić information content (AvgIpc) is 3.47. The number of hydrogen-bond acceptors (Lipinski definition) is 5. The van der Waals surface area contributed by atoms with Crippen LogP contribution in [0, 0.1) is 0 Å². The standard InChI is InChI=1S/C31H27ClF3N5O/c32-25-8-9-26(31(33,34)35)24(15-25)19-39-13-11-37-29-28(39)16-23(18-38-29)20-4-1-5-21(14-20)30(41)40-12-3-7-27(40)22-6-2-10-36-17-22/h1-2,4-6,8-10,14-18,27H,3,7,11-13,19H2,(H,37,38). The Hall–Kier alpha value is -4.11. The highest BCUT2D eigenvalue weighted by Crippen LogP contribution is 2.38. The number of nitrogens with zero attached hydrogens (tertiary/aromatic N) is 4. The number of anilines is 2. The van der Waals surface area contributed by atoms with Gasteiger partial charge >= 0.3 is 6.18 Å². The summed E-state index contributed by atoms with van der Waals surface area (Å²) in [5.74, 6) is 0.548. The number of halogens is 4. The topological polar surface area (TPSA) is 61.4 Å². The number of pyridine rings is 2. The first-order chi connectivity index (χ1) is 19.8. The maximum Gasteiger partial charge on any atom is 0.416 e. The lowest BCUT2D eigenvalue weighted by Gasteiger charge is -2.32. The zero-order valence-corrected chi connectivity index (χ0v) is 22.8. The maximum absolute atomic E-state index is 13.7. The Morgan fingerprint density at radius 1 is 1.02 bits per heavy atom. The largest absolute Gasteiger partial charge is 0.416 e. The predicted octanol–water partition coefficient (Wildman–Crippen LogP) is 7.23. The number of alkyl halides is 3. The maximum atomic E-state index is 13.7. The molecule has 0 radical (unpaired) electrons. The Balaban J connectivity index is 1.29. The number of nitrogens with one attached hydrogen (secondary N) is 1. The quantitative estimate of drug-likeness (QED) is 0.271. The van der Waals surface area contributed by atoms with Crippen LogP contribution in [0.25, 0.3) is 11.1 Å². The van der Waals surface area contributed by atoms with Crippen molar-refractivity contribution in [2.75, 3.05) is 29.9 Å². The van der Waals surface area contributed by atoms with Crippen molar-refractivity contribution in [2.45, 2.75) is 31.6 Å². The number of carbonyl (C=O) groups excluding carboxylic acids is 1. The summed E-state index contributed by atoms with van der Waals surface area (Å²) in [7, 11) is 0. The third-order valence-electron chi connectivity index (χ3n) is 7.64. The number of fused-ring (bicyclic) bond motifs is 1. The Morgan fingerprint density at radius 3 is 2.71 bits per heavy atom. The van der Waals surface area contributed by atoms with Gasteiger partial charge in [-0.15, -0.1) is 0 Å². The Kier molecular flexibility index (Phi) is 7.30. The first-order valence-electron chi connectivity index (χ1n) is 13.4. The zero-order valence-electron chi connectivity index (χ0n) is 22.0. The van der Waals surface area contributed by atoms with Gasteiger partial charge in [-0.25, -0.2) is 4.98 Å². The smallest absolute Gasteiger partial charge is 0.367 e. The summed E-state index contributed by atoms with van der Waals surface area (Å²) >= 11 is 6.08. The molecule has 6 rings (SSSR count). The van der Waals surface area contributed by atoms with E-state index in [-0.39, 0.29) is 29.1 Å². The summed E-state index contributed by atoms with van der Waals surface area (Å²) < 4.78 is 41.2. The van der Waals surface area contributed by atoms with Crippen molar-refractivity contribution in [2.24, 2.45) is 0 Å². The number of aromatic nitrogens is 2. The minimum absolute atomic E-state index is 0.0158. The molecule has 2 aromatic carbocycles. The molecule has 1 N–H and O–H groups in total. The second-order valence-corrected chi connectivity index (χ2v) is 10.7. The van der Waals surface area contributed by atoms with E-state index in [9.17, 15) is 18.0 Å². The van der Waals surface area contributed by atoms with E-state index in [1.807, 2.05) is 58.5 Å². The fourth-order valence-electron chi connectivity index (χ4n) is 5.68. The number of benzene rings is 2. The fourth-order valence-corrected chi connectivity index (χ4v) is 5.88. The summed E-state index contributed by atoms with van der Waals surface area (Å²) in [5.41, 5.74) is 3.24. The molecule has 1 amide bonds. The third kappa shape index (κ3) is 5.59. The number of hydrogen-bond donors (Lipinski definition) is 1. The van der Waals surface area contributed by atoms with Gasteiger partial charge in [0.05, 0.1) is 17.3 Å². The number of likely N-dealkylation sites (tertiary alicyclic amines) is 1. The molecule has 4 aromatic rings. The van der Waals surface area contributed by atoms with E-state index >= 15 is 0 Å². The Bertz CT molecular complexity index is 1580. The molecule has 2 aliphatic heterocycles. The fraction of sp³-hybridized carbons (Fsp3) is 0.258. The molecule has 210 valence electrons. The van der Waals surface area contributed by atoms with Crippen LogP contribution in [0.2, 0.25) is 5.02 Å². The van der Waals surface area contributed by atoms with Crippen LogP contribution in [0.3, 0.4) is 0 Å². The molecule has 0 bridgehead atoms. The lowest BCUT2D eigenvalue weighted by molar-refractivity contribution is -0.138. The van der Waals surface area contributed by atoms with Crippen LogP contribution in [0.15, 0.2) is 79.3 Å². The highest BCUT2D eigenvalue weighted by Gasteiger charge is 2.34. The van der Waals surface area contributed by atoms with Gasteiger partial charge in [0, 0.05) is 60.9 Å². The van der Waals surface area contributed by atoms with Gasteiger partial charge in [-0.2, -0.15) is 13.2 Å². The average molecular weight is 578 g/mol. The predicted molar refractivity (Wildman–Crippen MR) is 153 cm³/mol. The monoisotopic (exact) mass is 577 g/mol. The number of amides is 1. The second-order valence-electron chi connectivity index (χ2n) is 10.3. The van der Waals surface area contributed by atoms with E-state index in [0.29, 0.717) is 36.7 Å². The molecule has 2 aliphatic rings. The molecule has 6 nitrogen and oxygen atoms in total. The van der Waals surface area contributed by atoms with Crippen molar-refractivity contribution < 1.29 is 18.0 Å². The number of rotatable bonds is 5. The van der Waals surface area contributed by atoms with Crippen LogP contribution in [0.1, 0.15) is 45.9 Å². The van der Waals surface area contributed by atoms with Gasteiger partial charge in [0.25, 0.3) is 5.91 Å². The lowest BCUT2D eigenvalue weighted by atomic mass is 10.0. The normalized spacial score (nSPS) is 16.8. The van der Waals surface area contributed by atoms with Crippen LogP contribution >= 0.6 is 11.6 Å². The third-order valence-corrected chi connectivity index (χ3v) is 7.88. The molecule has 1 fully saturated rings. The SMILES string of the molecule is O=C(c1cccc(-c2cnc3c(c2)N(Cc2cc(Cl)ccc2C(F)(F)F)CCN3)c1)N1CCCC1c1cccnc1. The van der Waals surface area contributed by atoms with Crippen molar-refractivity contribution in [3.63, 3.8) is 0 Å². The van der Waals surface area contributed by atoms with E-state index in [1.165, 1.54) is 12.1 Å². The van der Waals surface area contributed by atoms with Crippen LogP contribution in [0.5, 0.6) is 0 Å². The van der Waals surface area contributed by atoms with E-state index in [4.69, 9.17) is 11.6 Å². The Morgan fingerprint density at radius 2 is 1.90 bits per heavy atom. The van der Waals surface area contributed by atoms with Crippen molar-refractivity contribution in [1.29, 1.82) is 0 Å². The molecule has 1 atom stereocenters. The van der Waals surface area contributed by atoms with Gasteiger partial charge in [-0.1, -0.05) is 29.8 Å². The van der Waals surface area contributed by atoms with Crippen molar-refractivity contribution in [3.05, 3.63) is 107 Å². The molecule has 41 heavy (non-hydrogen) atoms. The van der Waals surface area contributed by atoms with Gasteiger partial charge < -0.3 is 15.1 Å². The van der Waals surface area contributed by atoms with E-state index in [1.54, 1.807) is 12.4 Å².